The van der Waals surface area contributed by atoms with E-state index in [1.54, 1.807) is 6.92 Å². The lowest BCUT2D eigenvalue weighted by atomic mass is 9.95. The summed E-state index contributed by atoms with van der Waals surface area (Å²) in [4.78, 5) is 11.5. The minimum absolute atomic E-state index is 0.179. The minimum Gasteiger partial charge on any atom is -0.455 e. The molecule has 0 heterocycles. The highest BCUT2D eigenvalue weighted by molar-refractivity contribution is 5.70. The number of carbonyl (C=O) groups is 1. The standard InChI is InChI=1S/C18H20O2/c1-4-17(19)20-18(2,3)16-12-10-15(11-13-16)14-8-6-5-7-9-14/h5-13H,4H2,1-3H3. The Morgan fingerprint density at radius 1 is 0.950 bits per heavy atom. The van der Waals surface area contributed by atoms with Gasteiger partial charge in [0, 0.05) is 6.42 Å². The first-order chi connectivity index (χ1) is 9.53. The average Bonchev–Trinajstić information content (AvgIpc) is 2.48. The molecule has 0 saturated heterocycles. The van der Waals surface area contributed by atoms with Crippen LogP contribution in [0.3, 0.4) is 0 Å². The summed E-state index contributed by atoms with van der Waals surface area (Å²) in [5.41, 5.74) is 2.75. The molecule has 0 N–H and O–H groups in total. The van der Waals surface area contributed by atoms with Gasteiger partial charge in [0.1, 0.15) is 5.60 Å². The van der Waals surface area contributed by atoms with Gasteiger partial charge in [0.05, 0.1) is 0 Å². The lowest BCUT2D eigenvalue weighted by Gasteiger charge is -2.25. The summed E-state index contributed by atoms with van der Waals surface area (Å²) in [5, 5.41) is 0. The normalized spacial score (nSPS) is 11.2. The molecule has 0 amide bonds. The minimum atomic E-state index is -0.595. The highest BCUT2D eigenvalue weighted by atomic mass is 16.6. The number of rotatable bonds is 4. The first-order valence-corrected chi connectivity index (χ1v) is 6.91. The quantitative estimate of drug-likeness (QED) is 0.761. The lowest BCUT2D eigenvalue weighted by molar-refractivity contribution is -0.157. The smallest absolute Gasteiger partial charge is 0.306 e. The number of esters is 1. The van der Waals surface area contributed by atoms with Gasteiger partial charge in [-0.3, -0.25) is 4.79 Å². The van der Waals surface area contributed by atoms with E-state index in [-0.39, 0.29) is 5.97 Å². The molecule has 0 aliphatic carbocycles. The third-order valence-corrected chi connectivity index (χ3v) is 3.34. The molecule has 2 heteroatoms. The van der Waals surface area contributed by atoms with Crippen molar-refractivity contribution < 1.29 is 9.53 Å². The van der Waals surface area contributed by atoms with Crippen LogP contribution in [0.2, 0.25) is 0 Å². The molecule has 2 aromatic carbocycles. The molecule has 20 heavy (non-hydrogen) atoms. The lowest BCUT2D eigenvalue weighted by Crippen LogP contribution is -2.25. The molecular formula is C18H20O2. The molecule has 0 aromatic heterocycles. The number of ether oxygens (including phenoxy) is 1. The SMILES string of the molecule is CCC(=O)OC(C)(C)c1ccc(-c2ccccc2)cc1. The maximum absolute atomic E-state index is 11.5. The van der Waals surface area contributed by atoms with Crippen LogP contribution in [0.4, 0.5) is 0 Å². The van der Waals surface area contributed by atoms with Crippen molar-refractivity contribution >= 4 is 5.97 Å². The van der Waals surface area contributed by atoms with Crippen LogP contribution in [-0.4, -0.2) is 5.97 Å². The molecule has 0 aliphatic rings. The van der Waals surface area contributed by atoms with Crippen molar-refractivity contribution in [1.82, 2.24) is 0 Å². The molecule has 0 fully saturated rings. The molecule has 0 saturated carbocycles. The Bertz CT molecular complexity index is 568. The van der Waals surface area contributed by atoms with Crippen LogP contribution in [0.25, 0.3) is 11.1 Å². The van der Waals surface area contributed by atoms with E-state index >= 15 is 0 Å². The zero-order valence-electron chi connectivity index (χ0n) is 12.2. The second-order valence-corrected chi connectivity index (χ2v) is 5.28. The summed E-state index contributed by atoms with van der Waals surface area (Å²) < 4.78 is 5.48. The van der Waals surface area contributed by atoms with Crippen molar-refractivity contribution in [2.75, 3.05) is 0 Å². The first kappa shape index (κ1) is 14.3. The van der Waals surface area contributed by atoms with Crippen molar-refractivity contribution in [2.24, 2.45) is 0 Å². The summed E-state index contributed by atoms with van der Waals surface area (Å²) in [6.45, 7) is 5.63. The van der Waals surface area contributed by atoms with Crippen molar-refractivity contribution in [1.29, 1.82) is 0 Å². The molecular weight excluding hydrogens is 248 g/mol. The Morgan fingerprint density at radius 3 is 2.05 bits per heavy atom. The molecule has 0 unspecified atom stereocenters. The van der Waals surface area contributed by atoms with E-state index in [0.29, 0.717) is 6.42 Å². The third-order valence-electron chi connectivity index (χ3n) is 3.34. The molecule has 0 spiro atoms. The summed E-state index contributed by atoms with van der Waals surface area (Å²) in [6, 6.07) is 18.4. The van der Waals surface area contributed by atoms with Gasteiger partial charge in [-0.05, 0) is 30.5 Å². The van der Waals surface area contributed by atoms with Crippen LogP contribution in [0.1, 0.15) is 32.8 Å². The van der Waals surface area contributed by atoms with Gasteiger partial charge in [-0.2, -0.15) is 0 Å². The van der Waals surface area contributed by atoms with Gasteiger partial charge in [0.15, 0.2) is 0 Å². The van der Waals surface area contributed by atoms with E-state index in [9.17, 15) is 4.79 Å². The highest BCUT2D eigenvalue weighted by Crippen LogP contribution is 2.28. The van der Waals surface area contributed by atoms with E-state index in [4.69, 9.17) is 4.74 Å². The predicted octanol–water partition coefficient (Wildman–Crippen LogP) is 4.54. The van der Waals surface area contributed by atoms with Crippen molar-refractivity contribution in [3.8, 4) is 11.1 Å². The largest absolute Gasteiger partial charge is 0.455 e. The van der Waals surface area contributed by atoms with E-state index in [2.05, 4.69) is 24.3 Å². The maximum atomic E-state index is 11.5. The zero-order valence-corrected chi connectivity index (χ0v) is 12.2. The molecule has 0 bridgehead atoms. The van der Waals surface area contributed by atoms with Crippen LogP contribution in [0.5, 0.6) is 0 Å². The molecule has 0 atom stereocenters. The third kappa shape index (κ3) is 3.27. The zero-order chi connectivity index (χ0) is 14.6. The van der Waals surface area contributed by atoms with Crippen molar-refractivity contribution in [2.45, 2.75) is 32.8 Å². The number of carbonyl (C=O) groups excluding carboxylic acids is 1. The fourth-order valence-electron chi connectivity index (χ4n) is 2.11. The Kier molecular flexibility index (Phi) is 4.23. The second-order valence-electron chi connectivity index (χ2n) is 5.28. The monoisotopic (exact) mass is 268 g/mol. The Labute approximate surface area is 120 Å². The van der Waals surface area contributed by atoms with Crippen LogP contribution in [-0.2, 0) is 15.1 Å². The van der Waals surface area contributed by atoms with Gasteiger partial charge in [-0.1, -0.05) is 61.5 Å². The number of hydrogen-bond donors (Lipinski definition) is 0. The summed E-state index contributed by atoms with van der Waals surface area (Å²) in [7, 11) is 0. The maximum Gasteiger partial charge on any atom is 0.306 e. The van der Waals surface area contributed by atoms with Gasteiger partial charge < -0.3 is 4.74 Å². The van der Waals surface area contributed by atoms with Crippen LogP contribution < -0.4 is 0 Å². The Morgan fingerprint density at radius 2 is 1.50 bits per heavy atom. The molecule has 104 valence electrons. The Balaban J connectivity index is 2.22. The molecule has 2 nitrogen and oxygen atoms in total. The van der Waals surface area contributed by atoms with Gasteiger partial charge in [-0.15, -0.1) is 0 Å². The van der Waals surface area contributed by atoms with E-state index in [1.807, 2.05) is 44.2 Å². The van der Waals surface area contributed by atoms with Gasteiger partial charge >= 0.3 is 5.97 Å². The summed E-state index contributed by atoms with van der Waals surface area (Å²) >= 11 is 0. The highest BCUT2D eigenvalue weighted by Gasteiger charge is 2.24. The van der Waals surface area contributed by atoms with Crippen LogP contribution in [0, 0.1) is 0 Å². The molecule has 2 aromatic rings. The summed E-state index contributed by atoms with van der Waals surface area (Å²) in [5.74, 6) is -0.179. The average molecular weight is 268 g/mol. The van der Waals surface area contributed by atoms with Crippen LogP contribution >= 0.6 is 0 Å². The summed E-state index contributed by atoms with van der Waals surface area (Å²) in [6.07, 6.45) is 0.394. The second kappa shape index (κ2) is 5.91. The van der Waals surface area contributed by atoms with Crippen molar-refractivity contribution in [3.05, 3.63) is 60.2 Å². The predicted molar refractivity (Wildman–Crippen MR) is 81.3 cm³/mol. The van der Waals surface area contributed by atoms with Gasteiger partial charge in [0.25, 0.3) is 0 Å². The number of hydrogen-bond acceptors (Lipinski definition) is 2. The fraction of sp³-hybridized carbons (Fsp3) is 0.278. The van der Waals surface area contributed by atoms with Crippen LogP contribution in [0.15, 0.2) is 54.6 Å². The topological polar surface area (TPSA) is 26.3 Å². The van der Waals surface area contributed by atoms with E-state index in [1.165, 1.54) is 5.56 Å². The van der Waals surface area contributed by atoms with Gasteiger partial charge in [0.2, 0.25) is 0 Å². The van der Waals surface area contributed by atoms with E-state index in [0.717, 1.165) is 11.1 Å². The fourth-order valence-corrected chi connectivity index (χ4v) is 2.11. The van der Waals surface area contributed by atoms with Gasteiger partial charge in [-0.25, -0.2) is 0 Å². The first-order valence-electron chi connectivity index (χ1n) is 6.91. The molecule has 0 radical (unpaired) electrons. The van der Waals surface area contributed by atoms with Crippen molar-refractivity contribution in [3.63, 3.8) is 0 Å². The number of benzene rings is 2. The molecule has 0 aliphatic heterocycles. The van der Waals surface area contributed by atoms with E-state index < -0.39 is 5.60 Å². The Hall–Kier alpha value is -2.09. The molecule has 2 rings (SSSR count).